The van der Waals surface area contributed by atoms with Gasteiger partial charge in [0.15, 0.2) is 0 Å². The summed E-state index contributed by atoms with van der Waals surface area (Å²) in [5, 5.41) is 2.89. The zero-order valence-electron chi connectivity index (χ0n) is 9.87. The van der Waals surface area contributed by atoms with Crippen LogP contribution in [0.2, 0.25) is 0 Å². The van der Waals surface area contributed by atoms with E-state index in [9.17, 15) is 9.18 Å². The molecule has 17 heavy (non-hydrogen) atoms. The van der Waals surface area contributed by atoms with Crippen molar-refractivity contribution in [3.05, 3.63) is 29.6 Å². The van der Waals surface area contributed by atoms with Gasteiger partial charge in [-0.05, 0) is 37.0 Å². The molecule has 4 heteroatoms. The average Bonchev–Trinajstić information content (AvgIpc) is 2.64. The number of carbonyl (C=O) groups is 1. The Hall–Kier alpha value is -1.58. The Balaban J connectivity index is 2.09. The molecule has 0 spiro atoms. The smallest absolute Gasteiger partial charge is 0.254 e. The number of hydrogen-bond acceptors (Lipinski definition) is 2. The molecule has 0 heterocycles. The first-order chi connectivity index (χ1) is 8.08. The number of hydrogen-bond donors (Lipinski definition) is 2. The number of nitrogens with two attached hydrogens (primary N) is 1. The van der Waals surface area contributed by atoms with Gasteiger partial charge in [0.1, 0.15) is 5.82 Å². The van der Waals surface area contributed by atoms with Gasteiger partial charge in [0, 0.05) is 11.7 Å². The van der Waals surface area contributed by atoms with E-state index in [-0.39, 0.29) is 17.5 Å². The minimum absolute atomic E-state index is 0.0679. The fourth-order valence-electron chi connectivity index (χ4n) is 2.32. The molecule has 3 nitrogen and oxygen atoms in total. The Morgan fingerprint density at radius 2 is 2.24 bits per heavy atom. The van der Waals surface area contributed by atoms with Crippen molar-refractivity contribution < 1.29 is 9.18 Å². The Labute approximate surface area is 100 Å². The van der Waals surface area contributed by atoms with E-state index in [0.29, 0.717) is 11.6 Å². The third-order valence-corrected chi connectivity index (χ3v) is 3.42. The second-order valence-corrected chi connectivity index (χ2v) is 4.73. The van der Waals surface area contributed by atoms with Gasteiger partial charge in [-0.3, -0.25) is 4.79 Å². The summed E-state index contributed by atoms with van der Waals surface area (Å²) < 4.78 is 13.5. The molecule has 1 aliphatic carbocycles. The van der Waals surface area contributed by atoms with Crippen LogP contribution in [0.4, 0.5) is 10.1 Å². The van der Waals surface area contributed by atoms with Crippen LogP contribution >= 0.6 is 0 Å². The quantitative estimate of drug-likeness (QED) is 0.774. The number of halogens is 1. The number of anilines is 1. The summed E-state index contributed by atoms with van der Waals surface area (Å²) in [5.41, 5.74) is 5.84. The summed E-state index contributed by atoms with van der Waals surface area (Å²) in [6, 6.07) is 4.31. The van der Waals surface area contributed by atoms with Crippen LogP contribution in [0.1, 0.15) is 36.5 Å². The zero-order chi connectivity index (χ0) is 12.4. The highest BCUT2D eigenvalue weighted by atomic mass is 19.1. The van der Waals surface area contributed by atoms with Crippen LogP contribution in [0, 0.1) is 11.7 Å². The first kappa shape index (κ1) is 11.9. The molecular weight excluding hydrogens is 219 g/mol. The molecule has 2 unspecified atom stereocenters. The monoisotopic (exact) mass is 236 g/mol. The normalized spacial score (nSPS) is 23.6. The fraction of sp³-hybridized carbons (Fsp3) is 0.462. The van der Waals surface area contributed by atoms with Gasteiger partial charge < -0.3 is 11.1 Å². The van der Waals surface area contributed by atoms with Crippen LogP contribution in [0.25, 0.3) is 0 Å². The maximum Gasteiger partial charge on any atom is 0.254 e. The summed E-state index contributed by atoms with van der Waals surface area (Å²) in [7, 11) is 0. The molecule has 1 saturated carbocycles. The van der Waals surface area contributed by atoms with Crippen LogP contribution in [0.5, 0.6) is 0 Å². The van der Waals surface area contributed by atoms with E-state index >= 15 is 0 Å². The van der Waals surface area contributed by atoms with Gasteiger partial charge in [-0.1, -0.05) is 13.3 Å². The predicted octanol–water partition coefficient (Wildman–Crippen LogP) is 2.33. The van der Waals surface area contributed by atoms with E-state index in [0.717, 1.165) is 19.3 Å². The Kier molecular flexibility index (Phi) is 3.31. The third-order valence-electron chi connectivity index (χ3n) is 3.42. The number of benzene rings is 1. The van der Waals surface area contributed by atoms with Crippen LogP contribution in [0.3, 0.4) is 0 Å². The highest BCUT2D eigenvalue weighted by Crippen LogP contribution is 2.25. The summed E-state index contributed by atoms with van der Waals surface area (Å²) in [6.45, 7) is 2.11. The molecule has 92 valence electrons. The van der Waals surface area contributed by atoms with Gasteiger partial charge in [0.2, 0.25) is 0 Å². The lowest BCUT2D eigenvalue weighted by Gasteiger charge is -2.17. The van der Waals surface area contributed by atoms with Crippen molar-refractivity contribution in [3.63, 3.8) is 0 Å². The summed E-state index contributed by atoms with van der Waals surface area (Å²) in [6.07, 6.45) is 3.22. The van der Waals surface area contributed by atoms with Gasteiger partial charge in [-0.25, -0.2) is 4.39 Å². The number of carbonyl (C=O) groups excluding carboxylic acids is 1. The van der Waals surface area contributed by atoms with E-state index in [4.69, 9.17) is 5.73 Å². The molecule has 2 rings (SSSR count). The van der Waals surface area contributed by atoms with Gasteiger partial charge in [0.05, 0.1) is 5.56 Å². The van der Waals surface area contributed by atoms with Crippen molar-refractivity contribution in [1.82, 2.24) is 5.32 Å². The summed E-state index contributed by atoms with van der Waals surface area (Å²) >= 11 is 0. The molecule has 1 aromatic rings. The predicted molar refractivity (Wildman–Crippen MR) is 65.1 cm³/mol. The van der Waals surface area contributed by atoms with E-state index in [2.05, 4.69) is 12.2 Å². The maximum absolute atomic E-state index is 13.5. The number of rotatable bonds is 2. The highest BCUT2D eigenvalue weighted by Gasteiger charge is 2.25. The lowest BCUT2D eigenvalue weighted by Crippen LogP contribution is -2.36. The fourth-order valence-corrected chi connectivity index (χ4v) is 2.32. The van der Waals surface area contributed by atoms with Crippen LogP contribution in [-0.4, -0.2) is 11.9 Å². The second-order valence-electron chi connectivity index (χ2n) is 4.73. The molecule has 1 aliphatic rings. The molecule has 2 atom stereocenters. The van der Waals surface area contributed by atoms with E-state index in [1.165, 1.54) is 18.2 Å². The Morgan fingerprint density at radius 3 is 2.82 bits per heavy atom. The topological polar surface area (TPSA) is 55.1 Å². The van der Waals surface area contributed by atoms with Crippen LogP contribution < -0.4 is 11.1 Å². The molecule has 1 fully saturated rings. The molecule has 0 radical (unpaired) electrons. The van der Waals surface area contributed by atoms with Crippen molar-refractivity contribution in [2.24, 2.45) is 5.92 Å². The van der Waals surface area contributed by atoms with Crippen molar-refractivity contribution >= 4 is 11.6 Å². The van der Waals surface area contributed by atoms with E-state index in [1.54, 1.807) is 0 Å². The first-order valence-corrected chi connectivity index (χ1v) is 5.94. The lowest BCUT2D eigenvalue weighted by molar-refractivity contribution is 0.0925. The average molecular weight is 236 g/mol. The van der Waals surface area contributed by atoms with Crippen molar-refractivity contribution in [2.45, 2.75) is 32.2 Å². The van der Waals surface area contributed by atoms with Gasteiger partial charge in [-0.2, -0.15) is 0 Å². The van der Waals surface area contributed by atoms with Crippen molar-refractivity contribution in [3.8, 4) is 0 Å². The molecule has 0 saturated heterocycles. The van der Waals surface area contributed by atoms with Crippen molar-refractivity contribution in [1.29, 1.82) is 0 Å². The molecule has 1 aromatic carbocycles. The molecular formula is C13H17FN2O. The lowest BCUT2D eigenvalue weighted by atomic mass is 10.1. The zero-order valence-corrected chi connectivity index (χ0v) is 9.87. The van der Waals surface area contributed by atoms with Gasteiger partial charge in [0.25, 0.3) is 5.91 Å². The molecule has 0 aliphatic heterocycles. The third kappa shape index (κ3) is 2.57. The molecule has 1 amide bonds. The number of amides is 1. The number of nitrogens with one attached hydrogen (secondary N) is 1. The standard InChI is InChI=1S/C13H17FN2O/c1-8-3-2-4-12(8)16-13(17)10-6-5-9(15)7-11(10)14/h5-8,12H,2-4,15H2,1H3,(H,16,17). The van der Waals surface area contributed by atoms with Gasteiger partial charge in [-0.15, -0.1) is 0 Å². The Morgan fingerprint density at radius 1 is 1.47 bits per heavy atom. The SMILES string of the molecule is CC1CCCC1NC(=O)c1ccc(N)cc1F. The van der Waals surface area contributed by atoms with E-state index in [1.807, 2.05) is 0 Å². The van der Waals surface area contributed by atoms with Crippen LogP contribution in [-0.2, 0) is 0 Å². The molecule has 0 bridgehead atoms. The second kappa shape index (κ2) is 4.73. The minimum atomic E-state index is -0.562. The molecule has 0 aromatic heterocycles. The summed E-state index contributed by atoms with van der Waals surface area (Å²) in [4.78, 5) is 11.9. The van der Waals surface area contributed by atoms with E-state index < -0.39 is 5.82 Å². The van der Waals surface area contributed by atoms with Crippen molar-refractivity contribution in [2.75, 3.05) is 5.73 Å². The van der Waals surface area contributed by atoms with Gasteiger partial charge >= 0.3 is 0 Å². The van der Waals surface area contributed by atoms with Crippen LogP contribution in [0.15, 0.2) is 18.2 Å². The number of nitrogen functional groups attached to an aromatic ring is 1. The highest BCUT2D eigenvalue weighted by molar-refractivity contribution is 5.95. The largest absolute Gasteiger partial charge is 0.399 e. The minimum Gasteiger partial charge on any atom is -0.399 e. The maximum atomic E-state index is 13.5. The molecule has 3 N–H and O–H groups in total. The first-order valence-electron chi connectivity index (χ1n) is 5.94. The summed E-state index contributed by atoms with van der Waals surface area (Å²) in [5.74, 6) is -0.440. The Bertz CT molecular complexity index is 433.